The molecular weight excluding hydrogens is 322 g/mol. The van der Waals surface area contributed by atoms with Crippen LogP contribution in [0.1, 0.15) is 32.8 Å². The van der Waals surface area contributed by atoms with E-state index in [1.807, 2.05) is 26.8 Å². The molecule has 0 bridgehead atoms. The summed E-state index contributed by atoms with van der Waals surface area (Å²) in [6.07, 6.45) is 2.53. The summed E-state index contributed by atoms with van der Waals surface area (Å²) in [5.41, 5.74) is 3.52. The Hall–Kier alpha value is -1.53. The molecule has 0 heterocycles. The monoisotopic (exact) mass is 343 g/mol. The van der Waals surface area contributed by atoms with Crippen LogP contribution in [0, 0.1) is 0 Å². The molecule has 0 amide bonds. The third-order valence-corrected chi connectivity index (χ3v) is 3.02. The van der Waals surface area contributed by atoms with Crippen LogP contribution in [-0.2, 0) is 0 Å². The van der Waals surface area contributed by atoms with Gasteiger partial charge >= 0.3 is 0 Å². The zero-order valence-electron chi connectivity index (χ0n) is 13.1. The summed E-state index contributed by atoms with van der Waals surface area (Å²) in [4.78, 5) is 0. The molecule has 1 aromatic rings. The van der Waals surface area contributed by atoms with Gasteiger partial charge in [0.1, 0.15) is 0 Å². The lowest BCUT2D eigenvalue weighted by Crippen LogP contribution is -2.31. The van der Waals surface area contributed by atoms with E-state index < -0.39 is 0 Å². The van der Waals surface area contributed by atoms with Crippen LogP contribution >= 0.6 is 23.8 Å². The second-order valence-corrected chi connectivity index (χ2v) is 5.16. The van der Waals surface area contributed by atoms with Crippen LogP contribution in [0.15, 0.2) is 17.2 Å². The first-order valence-electron chi connectivity index (χ1n) is 7.28. The van der Waals surface area contributed by atoms with Crippen molar-refractivity contribution in [1.82, 2.24) is 10.7 Å². The Balaban J connectivity index is 2.88. The summed E-state index contributed by atoms with van der Waals surface area (Å²) in [5, 5.41) is 7.97. The van der Waals surface area contributed by atoms with Crippen molar-refractivity contribution in [2.24, 2.45) is 5.10 Å². The highest BCUT2D eigenvalue weighted by Gasteiger charge is 2.11. The van der Waals surface area contributed by atoms with Crippen LogP contribution in [0.25, 0.3) is 0 Å². The number of benzene rings is 1. The minimum absolute atomic E-state index is 0.470. The largest absolute Gasteiger partial charge is 0.490 e. The van der Waals surface area contributed by atoms with Crippen molar-refractivity contribution < 1.29 is 9.47 Å². The zero-order chi connectivity index (χ0) is 16.4. The van der Waals surface area contributed by atoms with E-state index in [1.54, 1.807) is 12.3 Å². The predicted octanol–water partition coefficient (Wildman–Crippen LogP) is 3.35. The Labute approximate surface area is 142 Å². The Morgan fingerprint density at radius 2 is 2.09 bits per heavy atom. The van der Waals surface area contributed by atoms with Crippen LogP contribution in [0.2, 0.25) is 5.02 Å². The molecule has 0 radical (unpaired) electrons. The first-order chi connectivity index (χ1) is 10.6. The molecule has 0 aliphatic rings. The van der Waals surface area contributed by atoms with Crippen molar-refractivity contribution in [1.29, 1.82) is 0 Å². The number of rotatable bonds is 8. The topological polar surface area (TPSA) is 54.9 Å². The molecule has 0 atom stereocenters. The Morgan fingerprint density at radius 3 is 2.73 bits per heavy atom. The van der Waals surface area contributed by atoms with Gasteiger partial charge in [-0.15, -0.1) is 0 Å². The Morgan fingerprint density at radius 1 is 1.32 bits per heavy atom. The number of hydrazone groups is 1. The van der Waals surface area contributed by atoms with Crippen molar-refractivity contribution in [2.75, 3.05) is 19.8 Å². The molecular formula is C15H22ClN3O2S. The number of ether oxygens (including phenoxy) is 2. The summed E-state index contributed by atoms with van der Waals surface area (Å²) in [5.74, 6) is 1.18. The molecule has 0 unspecified atom stereocenters. The molecule has 0 aliphatic carbocycles. The molecule has 2 N–H and O–H groups in total. The van der Waals surface area contributed by atoms with Gasteiger partial charge in [0.25, 0.3) is 0 Å². The number of hydrogen-bond acceptors (Lipinski definition) is 4. The number of nitrogens with one attached hydrogen (secondary N) is 2. The van der Waals surface area contributed by atoms with Crippen LogP contribution in [0.3, 0.4) is 0 Å². The van der Waals surface area contributed by atoms with E-state index in [9.17, 15) is 0 Å². The fourth-order valence-electron chi connectivity index (χ4n) is 1.64. The van der Waals surface area contributed by atoms with Crippen molar-refractivity contribution >= 4 is 35.1 Å². The highest BCUT2D eigenvalue weighted by molar-refractivity contribution is 7.80. The molecule has 1 aromatic carbocycles. The molecule has 0 saturated carbocycles. The smallest absolute Gasteiger partial charge is 0.186 e. The number of thiocarbonyl (C=S) groups is 1. The van der Waals surface area contributed by atoms with Gasteiger partial charge in [0, 0.05) is 6.54 Å². The Bertz CT molecular complexity index is 524. The molecule has 5 nitrogen and oxygen atoms in total. The molecule has 0 aromatic heterocycles. The second-order valence-electron chi connectivity index (χ2n) is 4.34. The fourth-order valence-corrected chi connectivity index (χ4v) is 2.11. The second kappa shape index (κ2) is 10.2. The van der Waals surface area contributed by atoms with Crippen molar-refractivity contribution in [3.63, 3.8) is 0 Å². The minimum atomic E-state index is 0.470. The molecule has 22 heavy (non-hydrogen) atoms. The van der Waals surface area contributed by atoms with Crippen LogP contribution in [-0.4, -0.2) is 31.1 Å². The number of nitrogens with zero attached hydrogens (tertiary/aromatic N) is 1. The van der Waals surface area contributed by atoms with E-state index in [1.165, 1.54) is 0 Å². The van der Waals surface area contributed by atoms with Crippen LogP contribution < -0.4 is 20.2 Å². The number of halogens is 1. The van der Waals surface area contributed by atoms with E-state index in [0.29, 0.717) is 34.8 Å². The Kier molecular flexibility index (Phi) is 8.62. The first kappa shape index (κ1) is 18.5. The average molecular weight is 344 g/mol. The standard InChI is InChI=1S/C15H22ClN3O2S/c1-4-7-21-14-12(16)8-11(9-13(14)20-6-3)10-18-19-15(22)17-5-2/h8-10H,4-7H2,1-3H3,(H2,17,19,22)/b18-10-. The predicted molar refractivity (Wildman–Crippen MR) is 95.4 cm³/mol. The fraction of sp³-hybridized carbons (Fsp3) is 0.467. The minimum Gasteiger partial charge on any atom is -0.490 e. The third kappa shape index (κ3) is 6.07. The number of hydrogen-bond donors (Lipinski definition) is 2. The normalized spacial score (nSPS) is 10.5. The zero-order valence-corrected chi connectivity index (χ0v) is 14.7. The van der Waals surface area contributed by atoms with Crippen LogP contribution in [0.5, 0.6) is 11.5 Å². The molecule has 7 heteroatoms. The van der Waals surface area contributed by atoms with Crippen molar-refractivity contribution in [3.05, 3.63) is 22.7 Å². The van der Waals surface area contributed by atoms with Gasteiger partial charge in [0.05, 0.1) is 24.5 Å². The summed E-state index contributed by atoms with van der Waals surface area (Å²) < 4.78 is 11.2. The van der Waals surface area contributed by atoms with Crippen LogP contribution in [0.4, 0.5) is 0 Å². The molecule has 1 rings (SSSR count). The maximum Gasteiger partial charge on any atom is 0.186 e. The summed E-state index contributed by atoms with van der Waals surface area (Å²) in [6, 6.07) is 3.61. The summed E-state index contributed by atoms with van der Waals surface area (Å²) >= 11 is 11.3. The first-order valence-corrected chi connectivity index (χ1v) is 8.06. The van der Waals surface area contributed by atoms with Crippen molar-refractivity contribution in [3.8, 4) is 11.5 Å². The van der Waals surface area contributed by atoms with Gasteiger partial charge in [-0.1, -0.05) is 18.5 Å². The van der Waals surface area contributed by atoms with Gasteiger partial charge in [0.2, 0.25) is 0 Å². The lowest BCUT2D eigenvalue weighted by atomic mass is 10.2. The average Bonchev–Trinajstić information content (AvgIpc) is 2.47. The third-order valence-electron chi connectivity index (χ3n) is 2.50. The summed E-state index contributed by atoms with van der Waals surface area (Å²) in [6.45, 7) is 7.77. The van der Waals surface area contributed by atoms with Gasteiger partial charge in [-0.3, -0.25) is 5.43 Å². The van der Waals surface area contributed by atoms with E-state index in [-0.39, 0.29) is 0 Å². The lowest BCUT2D eigenvalue weighted by molar-refractivity contribution is 0.277. The SMILES string of the molecule is CCCOc1c(Cl)cc(/C=N\NC(=S)NCC)cc1OCC. The van der Waals surface area contributed by atoms with Gasteiger partial charge < -0.3 is 14.8 Å². The summed E-state index contributed by atoms with van der Waals surface area (Å²) in [7, 11) is 0. The van der Waals surface area contributed by atoms with E-state index >= 15 is 0 Å². The van der Waals surface area contributed by atoms with Gasteiger partial charge in [0.15, 0.2) is 16.6 Å². The highest BCUT2D eigenvalue weighted by atomic mass is 35.5. The quantitative estimate of drug-likeness (QED) is 0.430. The lowest BCUT2D eigenvalue weighted by Gasteiger charge is -2.13. The molecule has 0 fully saturated rings. The van der Waals surface area contributed by atoms with E-state index in [2.05, 4.69) is 15.8 Å². The highest BCUT2D eigenvalue weighted by Crippen LogP contribution is 2.36. The molecule has 0 saturated heterocycles. The molecule has 122 valence electrons. The van der Waals surface area contributed by atoms with Gasteiger partial charge in [-0.05, 0) is 50.2 Å². The molecule has 0 aliphatic heterocycles. The van der Waals surface area contributed by atoms with Gasteiger partial charge in [-0.25, -0.2) is 0 Å². The van der Waals surface area contributed by atoms with Gasteiger partial charge in [-0.2, -0.15) is 5.10 Å². The maximum absolute atomic E-state index is 6.27. The maximum atomic E-state index is 6.27. The van der Waals surface area contributed by atoms with E-state index in [4.69, 9.17) is 33.3 Å². The van der Waals surface area contributed by atoms with E-state index in [0.717, 1.165) is 18.5 Å². The van der Waals surface area contributed by atoms with Crippen molar-refractivity contribution in [2.45, 2.75) is 27.2 Å². The molecule has 0 spiro atoms.